The van der Waals surface area contributed by atoms with Crippen molar-refractivity contribution in [2.24, 2.45) is 0 Å². The van der Waals surface area contributed by atoms with Crippen molar-refractivity contribution in [1.82, 2.24) is 18.8 Å². The van der Waals surface area contributed by atoms with Crippen LogP contribution >= 0.6 is 0 Å². The van der Waals surface area contributed by atoms with Gasteiger partial charge in [0.05, 0.1) is 40.2 Å². The fraction of sp³-hybridized carbons (Fsp3) is 0.235. The number of pyridine rings is 1. The van der Waals surface area contributed by atoms with Gasteiger partial charge in [-0.2, -0.15) is 9.57 Å². The van der Waals surface area contributed by atoms with Crippen LogP contribution in [0.25, 0.3) is 22.3 Å². The summed E-state index contributed by atoms with van der Waals surface area (Å²) < 4.78 is 79.1. The fourth-order valence-electron chi connectivity index (χ4n) is 5.90. The number of carboxylic acid groups (broad SMARTS) is 1. The van der Waals surface area contributed by atoms with Crippen LogP contribution in [0.1, 0.15) is 45.7 Å². The zero-order chi connectivity index (χ0) is 34.2. The molecule has 0 radical (unpaired) electrons. The molecule has 3 heterocycles. The molecule has 14 heteroatoms. The van der Waals surface area contributed by atoms with Gasteiger partial charge in [0.1, 0.15) is 29.9 Å². The van der Waals surface area contributed by atoms with E-state index >= 15 is 8.78 Å². The number of aromatic nitrogens is 3. The monoisotopic (exact) mass is 675 g/mol. The molecule has 0 unspecified atom stereocenters. The van der Waals surface area contributed by atoms with Crippen molar-refractivity contribution in [3.05, 3.63) is 112 Å². The number of aromatic carboxylic acids is 1. The molecule has 1 aliphatic heterocycles. The molecule has 0 bridgehead atoms. The number of hydrogen-bond donors (Lipinski definition) is 1. The summed E-state index contributed by atoms with van der Waals surface area (Å²) >= 11 is 0. The molecule has 1 saturated heterocycles. The predicted octanol–water partition coefficient (Wildman–Crippen LogP) is 5.68. The summed E-state index contributed by atoms with van der Waals surface area (Å²) in [6, 6.07) is 16.3. The summed E-state index contributed by atoms with van der Waals surface area (Å²) in [6.07, 6.45) is 2.18. The Balaban J connectivity index is 1.29. The number of fused-ring (bicyclic) bond motifs is 1. The second kappa shape index (κ2) is 13.1. The molecule has 1 fully saturated rings. The van der Waals surface area contributed by atoms with Crippen LogP contribution in [0.4, 0.5) is 13.2 Å². The lowest BCUT2D eigenvalue weighted by Crippen LogP contribution is -2.37. The van der Waals surface area contributed by atoms with Crippen LogP contribution in [0.5, 0.6) is 5.88 Å². The number of hydrogen-bond acceptors (Lipinski definition) is 7. The SMILES string of the molecule is CS(=O)(=O)N1CCC[C@@H]1Cn1c(Cc2cc(F)c(-c3cccc(OCc4ccc(C#N)cc4F)n3)cc2F)nc2ccc(C(=O)O)cc21. The molecule has 1 aliphatic rings. The molecule has 2 aromatic heterocycles. The molecule has 3 aromatic carbocycles. The Morgan fingerprint density at radius 2 is 1.81 bits per heavy atom. The Bertz CT molecular complexity index is 2220. The van der Waals surface area contributed by atoms with Crippen molar-refractivity contribution in [3.8, 4) is 23.2 Å². The maximum atomic E-state index is 15.7. The molecule has 1 atom stereocenters. The molecule has 0 aliphatic carbocycles. The van der Waals surface area contributed by atoms with Gasteiger partial charge >= 0.3 is 5.97 Å². The Kier molecular flexibility index (Phi) is 8.91. The minimum absolute atomic E-state index is 0.00363. The maximum absolute atomic E-state index is 15.7. The molecule has 6 rings (SSSR count). The second-order valence-electron chi connectivity index (χ2n) is 11.5. The van der Waals surface area contributed by atoms with Crippen LogP contribution in [-0.4, -0.2) is 57.2 Å². The van der Waals surface area contributed by atoms with Crippen LogP contribution < -0.4 is 4.74 Å². The molecule has 48 heavy (non-hydrogen) atoms. The third-order valence-corrected chi connectivity index (χ3v) is 9.59. The van der Waals surface area contributed by atoms with Gasteiger partial charge in [-0.1, -0.05) is 12.1 Å². The number of ether oxygens (including phenoxy) is 1. The molecule has 10 nitrogen and oxygen atoms in total. The van der Waals surface area contributed by atoms with Gasteiger partial charge in [0.15, 0.2) is 0 Å². The lowest BCUT2D eigenvalue weighted by atomic mass is 10.0. The van der Waals surface area contributed by atoms with Crippen LogP contribution in [0, 0.1) is 28.8 Å². The first kappa shape index (κ1) is 32.7. The van der Waals surface area contributed by atoms with Crippen molar-refractivity contribution >= 4 is 27.0 Å². The topological polar surface area (TPSA) is 138 Å². The number of benzene rings is 3. The van der Waals surface area contributed by atoms with E-state index in [9.17, 15) is 22.7 Å². The van der Waals surface area contributed by atoms with Gasteiger partial charge in [0.2, 0.25) is 15.9 Å². The van der Waals surface area contributed by atoms with Gasteiger partial charge in [-0.15, -0.1) is 0 Å². The average molecular weight is 676 g/mol. The fourth-order valence-corrected chi connectivity index (χ4v) is 7.08. The number of carbonyl (C=O) groups is 1. The first-order chi connectivity index (χ1) is 22.9. The Morgan fingerprint density at radius 3 is 2.54 bits per heavy atom. The highest BCUT2D eigenvalue weighted by Crippen LogP contribution is 2.30. The first-order valence-corrected chi connectivity index (χ1v) is 16.7. The lowest BCUT2D eigenvalue weighted by Gasteiger charge is -2.23. The van der Waals surface area contributed by atoms with E-state index in [2.05, 4.69) is 9.97 Å². The molecule has 5 aromatic rings. The highest BCUT2D eigenvalue weighted by molar-refractivity contribution is 7.88. The highest BCUT2D eigenvalue weighted by Gasteiger charge is 2.32. The highest BCUT2D eigenvalue weighted by atomic mass is 32.2. The van der Waals surface area contributed by atoms with E-state index in [1.165, 1.54) is 52.8 Å². The van der Waals surface area contributed by atoms with E-state index in [4.69, 9.17) is 10.00 Å². The zero-order valence-electron chi connectivity index (χ0n) is 25.5. The van der Waals surface area contributed by atoms with Crippen molar-refractivity contribution in [1.29, 1.82) is 5.26 Å². The van der Waals surface area contributed by atoms with E-state index in [0.29, 0.717) is 36.2 Å². The summed E-state index contributed by atoms with van der Waals surface area (Å²) in [5.41, 5.74) is 1.12. The quantitative estimate of drug-likeness (QED) is 0.200. The number of sulfonamides is 1. The number of rotatable bonds is 10. The summed E-state index contributed by atoms with van der Waals surface area (Å²) in [6.45, 7) is 0.286. The standard InChI is InChI=1S/C34H28F3N5O5S/c1-48(45,46)42-11-3-4-24(42)18-41-31-14-21(34(43)44)9-10-30(31)39-32(41)15-23-13-28(37)25(16-27(23)36)29-5-2-6-33(40-29)47-19-22-8-7-20(17-38)12-26(22)35/h2,5-10,12-14,16,24H,3-4,11,15,18-19H2,1H3,(H,43,44)/t24-/m1/s1. The largest absolute Gasteiger partial charge is 0.478 e. The number of nitriles is 1. The van der Waals surface area contributed by atoms with Crippen molar-refractivity contribution < 1.29 is 36.2 Å². The van der Waals surface area contributed by atoms with E-state index in [-0.39, 0.29) is 59.0 Å². The van der Waals surface area contributed by atoms with Crippen LogP contribution in [0.15, 0.2) is 66.7 Å². The Labute approximate surface area is 273 Å². The summed E-state index contributed by atoms with van der Waals surface area (Å²) in [7, 11) is -3.52. The molecular formula is C34H28F3N5O5S. The minimum atomic E-state index is -3.52. The van der Waals surface area contributed by atoms with Crippen molar-refractivity contribution in [2.75, 3.05) is 12.8 Å². The van der Waals surface area contributed by atoms with Gasteiger partial charge in [-0.05, 0) is 66.9 Å². The predicted molar refractivity (Wildman–Crippen MR) is 169 cm³/mol. The number of imidazole rings is 1. The summed E-state index contributed by atoms with van der Waals surface area (Å²) in [4.78, 5) is 20.6. The molecule has 1 N–H and O–H groups in total. The summed E-state index contributed by atoms with van der Waals surface area (Å²) in [5.74, 6) is -2.95. The Hall–Kier alpha value is -5.26. The van der Waals surface area contributed by atoms with Gasteiger partial charge < -0.3 is 14.4 Å². The van der Waals surface area contributed by atoms with Crippen molar-refractivity contribution in [2.45, 2.75) is 38.5 Å². The third-order valence-electron chi connectivity index (χ3n) is 8.26. The lowest BCUT2D eigenvalue weighted by molar-refractivity contribution is 0.0697. The van der Waals surface area contributed by atoms with E-state index in [1.54, 1.807) is 4.57 Å². The first-order valence-electron chi connectivity index (χ1n) is 14.9. The summed E-state index contributed by atoms with van der Waals surface area (Å²) in [5, 5.41) is 18.5. The minimum Gasteiger partial charge on any atom is -0.478 e. The van der Waals surface area contributed by atoms with E-state index < -0.39 is 39.5 Å². The van der Waals surface area contributed by atoms with Gasteiger partial charge in [-0.3, -0.25) is 0 Å². The zero-order valence-corrected chi connectivity index (χ0v) is 26.3. The van der Waals surface area contributed by atoms with Crippen LogP contribution in [-0.2, 0) is 29.6 Å². The average Bonchev–Trinajstić information content (AvgIpc) is 3.66. The smallest absolute Gasteiger partial charge is 0.335 e. The molecule has 246 valence electrons. The van der Waals surface area contributed by atoms with Crippen LogP contribution in [0.2, 0.25) is 0 Å². The van der Waals surface area contributed by atoms with Gasteiger partial charge in [0.25, 0.3) is 0 Å². The third kappa shape index (κ3) is 6.73. The molecule has 0 amide bonds. The van der Waals surface area contributed by atoms with E-state index in [0.717, 1.165) is 24.5 Å². The second-order valence-corrected chi connectivity index (χ2v) is 13.4. The molecular weight excluding hydrogens is 647 g/mol. The molecule has 0 saturated carbocycles. The number of halogens is 3. The van der Waals surface area contributed by atoms with E-state index in [1.807, 2.05) is 6.07 Å². The normalized spacial score (nSPS) is 15.1. The molecule has 0 spiro atoms. The van der Waals surface area contributed by atoms with Gasteiger partial charge in [0, 0.05) is 42.7 Å². The van der Waals surface area contributed by atoms with Gasteiger partial charge in [-0.25, -0.2) is 36.4 Å². The van der Waals surface area contributed by atoms with Crippen molar-refractivity contribution in [3.63, 3.8) is 0 Å². The number of nitrogens with zero attached hydrogens (tertiary/aromatic N) is 5. The van der Waals surface area contributed by atoms with Crippen LogP contribution in [0.3, 0.4) is 0 Å². The Morgan fingerprint density at radius 1 is 1.02 bits per heavy atom. The number of carboxylic acids is 1. The maximum Gasteiger partial charge on any atom is 0.335 e.